The molecule has 0 unspecified atom stereocenters. The molecule has 0 aliphatic heterocycles. The number of nitro benzene ring substituents is 1. The predicted molar refractivity (Wildman–Crippen MR) is 145 cm³/mol. The fourth-order valence-electron chi connectivity index (χ4n) is 4.44. The van der Waals surface area contributed by atoms with Crippen LogP contribution < -0.4 is 4.80 Å². The summed E-state index contributed by atoms with van der Waals surface area (Å²) >= 11 is 1.39. The second kappa shape index (κ2) is 11.1. The molecule has 0 radical (unpaired) electrons. The highest BCUT2D eigenvalue weighted by molar-refractivity contribution is 7.07. The molecule has 0 saturated heterocycles. The van der Waals surface area contributed by atoms with E-state index in [-0.39, 0.29) is 17.3 Å². The summed E-state index contributed by atoms with van der Waals surface area (Å²) in [5.41, 5.74) is 4.21. The Bertz CT molecular complexity index is 1540. The van der Waals surface area contributed by atoms with E-state index in [1.54, 1.807) is 30.3 Å². The minimum atomic E-state index is -0.397. The second-order valence-electron chi connectivity index (χ2n) is 8.59. The average molecular weight is 510 g/mol. The number of non-ortho nitro benzene ring substituents is 1. The van der Waals surface area contributed by atoms with Gasteiger partial charge in [0.2, 0.25) is 0 Å². The molecule has 0 bridgehead atoms. The molecule has 1 aromatic heterocycles. The zero-order valence-corrected chi connectivity index (χ0v) is 20.7. The van der Waals surface area contributed by atoms with Crippen molar-refractivity contribution in [3.63, 3.8) is 0 Å². The molecule has 7 heteroatoms. The summed E-state index contributed by atoms with van der Waals surface area (Å²) in [6, 6.07) is 33.7. The smallest absolute Gasteiger partial charge is 0.270 e. The molecule has 1 heterocycles. The van der Waals surface area contributed by atoms with Gasteiger partial charge < -0.3 is 4.57 Å². The van der Waals surface area contributed by atoms with Gasteiger partial charge in [0.05, 0.1) is 10.6 Å². The lowest BCUT2D eigenvalue weighted by molar-refractivity contribution is -0.384. The maximum absolute atomic E-state index is 14.5. The molecule has 0 amide bonds. The number of nitro groups is 1. The molecule has 37 heavy (non-hydrogen) atoms. The van der Waals surface area contributed by atoms with Gasteiger partial charge in [-0.1, -0.05) is 84.9 Å². The first-order chi connectivity index (χ1) is 18.1. The van der Waals surface area contributed by atoms with Crippen LogP contribution in [0.1, 0.15) is 23.5 Å². The van der Waals surface area contributed by atoms with Crippen molar-refractivity contribution in [2.75, 3.05) is 0 Å². The Kier molecular flexibility index (Phi) is 7.33. The van der Waals surface area contributed by atoms with Crippen LogP contribution in [0, 0.1) is 15.9 Å². The van der Waals surface area contributed by atoms with E-state index < -0.39 is 10.7 Å². The third kappa shape index (κ3) is 5.57. The van der Waals surface area contributed by atoms with Gasteiger partial charge in [0, 0.05) is 35.5 Å². The van der Waals surface area contributed by atoms with Crippen molar-refractivity contribution in [1.82, 2.24) is 4.57 Å². The first-order valence-electron chi connectivity index (χ1n) is 11.9. The zero-order valence-electron chi connectivity index (χ0n) is 19.9. The minimum Gasteiger partial charge on any atom is -0.316 e. The van der Waals surface area contributed by atoms with Crippen LogP contribution in [0.2, 0.25) is 0 Å². The lowest BCUT2D eigenvalue weighted by Crippen LogP contribution is -2.18. The maximum Gasteiger partial charge on any atom is 0.270 e. The third-order valence-electron chi connectivity index (χ3n) is 6.26. The largest absolute Gasteiger partial charge is 0.316 e. The van der Waals surface area contributed by atoms with Crippen molar-refractivity contribution < 1.29 is 9.31 Å². The summed E-state index contributed by atoms with van der Waals surface area (Å²) < 4.78 is 16.5. The van der Waals surface area contributed by atoms with E-state index in [2.05, 4.69) is 29.3 Å². The van der Waals surface area contributed by atoms with E-state index >= 15 is 0 Å². The van der Waals surface area contributed by atoms with Gasteiger partial charge in [-0.25, -0.2) is 9.38 Å². The number of para-hydroxylation sites is 1. The molecule has 0 atom stereocenters. The van der Waals surface area contributed by atoms with E-state index in [0.29, 0.717) is 11.3 Å². The second-order valence-corrected chi connectivity index (χ2v) is 9.42. The molecule has 0 N–H and O–H groups in total. The summed E-state index contributed by atoms with van der Waals surface area (Å²) in [7, 11) is 0. The van der Waals surface area contributed by atoms with Crippen molar-refractivity contribution in [2.24, 2.45) is 4.99 Å². The molecule has 5 nitrogen and oxygen atoms in total. The van der Waals surface area contributed by atoms with E-state index in [1.165, 1.54) is 34.6 Å². The van der Waals surface area contributed by atoms with Crippen molar-refractivity contribution in [3.05, 3.63) is 146 Å². The molecule has 0 aliphatic rings. The topological polar surface area (TPSA) is 60.4 Å². The number of rotatable bonds is 8. The molecular formula is C30H24FN3O2S. The van der Waals surface area contributed by atoms with E-state index in [4.69, 9.17) is 0 Å². The van der Waals surface area contributed by atoms with Crippen LogP contribution in [0.4, 0.5) is 15.8 Å². The van der Waals surface area contributed by atoms with Crippen molar-refractivity contribution in [3.8, 4) is 11.3 Å². The van der Waals surface area contributed by atoms with Crippen molar-refractivity contribution in [2.45, 2.75) is 18.9 Å². The highest BCUT2D eigenvalue weighted by Gasteiger charge is 2.17. The van der Waals surface area contributed by atoms with Gasteiger partial charge in [-0.3, -0.25) is 10.1 Å². The third-order valence-corrected chi connectivity index (χ3v) is 7.13. The summed E-state index contributed by atoms with van der Waals surface area (Å²) in [5.74, 6) is -0.264. The van der Waals surface area contributed by atoms with Gasteiger partial charge in [-0.15, -0.1) is 11.3 Å². The Morgan fingerprint density at radius 1 is 0.865 bits per heavy atom. The molecule has 184 valence electrons. The van der Waals surface area contributed by atoms with Crippen LogP contribution in [0.3, 0.4) is 0 Å². The van der Waals surface area contributed by atoms with Gasteiger partial charge in [0.25, 0.3) is 5.69 Å². The van der Waals surface area contributed by atoms with E-state index in [9.17, 15) is 14.5 Å². The summed E-state index contributed by atoms with van der Waals surface area (Å²) in [4.78, 5) is 16.3. The Hall–Kier alpha value is -4.36. The Morgan fingerprint density at radius 2 is 1.51 bits per heavy atom. The SMILES string of the molecule is O=[N+]([O-])c1cccc(-c2csc(=Nc3ccccc3F)n2CCC(c2ccccc2)c2ccccc2)c1. The Labute approximate surface area is 218 Å². The number of thiazole rings is 1. The fraction of sp³-hybridized carbons (Fsp3) is 0.100. The van der Waals surface area contributed by atoms with Crippen LogP contribution in [0.5, 0.6) is 0 Å². The molecule has 5 rings (SSSR count). The van der Waals surface area contributed by atoms with E-state index in [1.807, 2.05) is 52.4 Å². The molecule has 4 aromatic carbocycles. The first-order valence-corrected chi connectivity index (χ1v) is 12.8. The van der Waals surface area contributed by atoms with Crippen LogP contribution in [0.25, 0.3) is 11.3 Å². The monoisotopic (exact) mass is 509 g/mol. The molecule has 0 aliphatic carbocycles. The van der Waals surface area contributed by atoms with Gasteiger partial charge in [-0.2, -0.15) is 0 Å². The number of aromatic nitrogens is 1. The van der Waals surface area contributed by atoms with Gasteiger partial charge >= 0.3 is 0 Å². The lowest BCUT2D eigenvalue weighted by atomic mass is 9.88. The van der Waals surface area contributed by atoms with Gasteiger partial charge in [0.1, 0.15) is 11.5 Å². The first kappa shape index (κ1) is 24.3. The Balaban J connectivity index is 1.59. The maximum atomic E-state index is 14.5. The zero-order chi connectivity index (χ0) is 25.6. The molecule has 0 spiro atoms. The molecule has 0 saturated carbocycles. The summed E-state index contributed by atoms with van der Waals surface area (Å²) in [6.45, 7) is 0.587. The summed E-state index contributed by atoms with van der Waals surface area (Å²) in [5, 5.41) is 13.4. The van der Waals surface area contributed by atoms with E-state index in [0.717, 1.165) is 17.7 Å². The normalized spacial score (nSPS) is 11.7. The van der Waals surface area contributed by atoms with Crippen LogP contribution in [0.15, 0.2) is 120 Å². The van der Waals surface area contributed by atoms with Gasteiger partial charge in [0.15, 0.2) is 4.80 Å². The van der Waals surface area contributed by atoms with Crippen LogP contribution in [-0.4, -0.2) is 9.49 Å². The van der Waals surface area contributed by atoms with Crippen molar-refractivity contribution in [1.29, 1.82) is 0 Å². The highest BCUT2D eigenvalue weighted by atomic mass is 32.1. The lowest BCUT2D eigenvalue weighted by Gasteiger charge is -2.19. The summed E-state index contributed by atoms with van der Waals surface area (Å²) in [6.07, 6.45) is 0.761. The fourth-order valence-corrected chi connectivity index (χ4v) is 5.39. The van der Waals surface area contributed by atoms with Gasteiger partial charge in [-0.05, 0) is 29.7 Å². The Morgan fingerprint density at radius 3 is 2.16 bits per heavy atom. The quantitative estimate of drug-likeness (QED) is 0.159. The van der Waals surface area contributed by atoms with Crippen LogP contribution >= 0.6 is 11.3 Å². The average Bonchev–Trinajstić information content (AvgIpc) is 3.33. The van der Waals surface area contributed by atoms with Crippen molar-refractivity contribution >= 4 is 22.7 Å². The number of nitrogens with zero attached hydrogens (tertiary/aromatic N) is 3. The number of hydrogen-bond donors (Lipinski definition) is 0. The number of halogens is 1. The van der Waals surface area contributed by atoms with Crippen LogP contribution in [-0.2, 0) is 6.54 Å². The molecular weight excluding hydrogens is 485 g/mol. The predicted octanol–water partition coefficient (Wildman–Crippen LogP) is 7.72. The number of hydrogen-bond acceptors (Lipinski definition) is 4. The number of benzene rings is 4. The molecule has 5 aromatic rings. The molecule has 0 fully saturated rings. The standard InChI is InChI=1S/C30H24FN3O2S/c31-27-16-7-8-17-28(27)32-30-33(29(21-37-30)24-14-9-15-25(20-24)34(35)36)19-18-26(22-10-3-1-4-11-22)23-12-5-2-6-13-23/h1-17,20-21,26H,18-19H2. The highest BCUT2D eigenvalue weighted by Crippen LogP contribution is 2.30. The minimum absolute atomic E-state index is 0.0225.